The summed E-state index contributed by atoms with van der Waals surface area (Å²) in [6.45, 7) is 1.89. The maximum absolute atomic E-state index is 12.8. The van der Waals surface area contributed by atoms with E-state index < -0.39 is 54.0 Å². The number of rotatable bonds is 17. The zero-order chi connectivity index (χ0) is 26.3. The second-order valence-corrected chi connectivity index (χ2v) is 8.07. The number of aliphatic imine (C=N–C) groups is 1. The number of aliphatic carboxylic acids is 1. The number of carbonyl (C=O) groups is 4. The number of aliphatic hydroxyl groups is 1. The van der Waals surface area contributed by atoms with Gasteiger partial charge in [0.2, 0.25) is 17.7 Å². The van der Waals surface area contributed by atoms with Crippen LogP contribution in [0.5, 0.6) is 0 Å². The predicted octanol–water partition coefficient (Wildman–Crippen LogP) is -3.65. The van der Waals surface area contributed by atoms with Crippen molar-refractivity contribution in [2.45, 2.75) is 69.3 Å². The molecule has 0 heterocycles. The first-order valence-electron chi connectivity index (χ1n) is 10.9. The normalized spacial score (nSPS) is 15.2. The molecule has 0 aliphatic heterocycles. The van der Waals surface area contributed by atoms with Gasteiger partial charge in [-0.05, 0) is 45.6 Å². The average molecular weight is 507 g/mol. The average Bonchev–Trinajstić information content (AvgIpc) is 2.77. The van der Waals surface area contributed by atoms with Gasteiger partial charge in [0.1, 0.15) is 24.2 Å². The lowest BCUT2D eigenvalue weighted by Crippen LogP contribution is -2.58. The molecule has 15 heteroatoms. The molecule has 0 aromatic rings. The second-order valence-electron chi connectivity index (χ2n) is 7.70. The number of aliphatic hydroxyl groups excluding tert-OH is 1. The number of nitrogens with two attached hydrogens (primary N) is 4. The van der Waals surface area contributed by atoms with E-state index in [1.165, 1.54) is 6.92 Å². The molecule has 0 aliphatic carbocycles. The number of nitrogens with one attached hydrogen (secondary N) is 3. The zero-order valence-corrected chi connectivity index (χ0v) is 20.2. The van der Waals surface area contributed by atoms with Crippen LogP contribution in [0.25, 0.3) is 0 Å². The fourth-order valence-electron chi connectivity index (χ4n) is 2.75. The summed E-state index contributed by atoms with van der Waals surface area (Å²) in [4.78, 5) is 53.0. The van der Waals surface area contributed by atoms with Crippen LogP contribution in [0.1, 0.15) is 39.0 Å². The lowest BCUT2D eigenvalue weighted by molar-refractivity contribution is -0.142. The molecule has 14 nitrogen and oxygen atoms in total. The fourth-order valence-corrected chi connectivity index (χ4v) is 3.01. The molecule has 0 saturated carbocycles. The first kappa shape index (κ1) is 31.4. The van der Waals surface area contributed by atoms with Crippen LogP contribution in [0, 0.1) is 0 Å². The molecule has 0 fully saturated rings. The van der Waals surface area contributed by atoms with Crippen LogP contribution in [-0.2, 0) is 19.2 Å². The summed E-state index contributed by atoms with van der Waals surface area (Å²) in [5.41, 5.74) is 21.6. The van der Waals surface area contributed by atoms with Gasteiger partial charge in [-0.25, -0.2) is 4.79 Å². The summed E-state index contributed by atoms with van der Waals surface area (Å²) in [5, 5.41) is 26.2. The van der Waals surface area contributed by atoms with Crippen LogP contribution in [0.15, 0.2) is 4.99 Å². The highest BCUT2D eigenvalue weighted by Gasteiger charge is 2.30. The predicted molar refractivity (Wildman–Crippen MR) is 130 cm³/mol. The molecule has 0 saturated heterocycles. The van der Waals surface area contributed by atoms with Gasteiger partial charge >= 0.3 is 5.97 Å². The van der Waals surface area contributed by atoms with Crippen LogP contribution in [0.3, 0.4) is 0 Å². The second kappa shape index (κ2) is 16.9. The van der Waals surface area contributed by atoms with Gasteiger partial charge in [0, 0.05) is 12.3 Å². The number of amides is 3. The lowest BCUT2D eigenvalue weighted by Gasteiger charge is -2.25. The first-order valence-corrected chi connectivity index (χ1v) is 11.5. The highest BCUT2D eigenvalue weighted by molar-refractivity contribution is 7.80. The Labute approximate surface area is 204 Å². The number of hydrogen-bond donors (Lipinski definition) is 10. The third kappa shape index (κ3) is 12.6. The van der Waals surface area contributed by atoms with Crippen molar-refractivity contribution in [2.75, 3.05) is 18.8 Å². The molecule has 5 unspecified atom stereocenters. The molecule has 34 heavy (non-hydrogen) atoms. The number of guanidine groups is 1. The van der Waals surface area contributed by atoms with E-state index >= 15 is 0 Å². The number of nitrogens with zero attached hydrogens (tertiary/aromatic N) is 1. The third-order valence-electron chi connectivity index (χ3n) is 4.78. The minimum Gasteiger partial charge on any atom is -0.480 e. The molecule has 0 aromatic carbocycles. The number of hydrogen-bond acceptors (Lipinski definition) is 9. The quantitative estimate of drug-likeness (QED) is 0.0400. The van der Waals surface area contributed by atoms with Crippen molar-refractivity contribution < 1.29 is 29.4 Å². The largest absolute Gasteiger partial charge is 0.480 e. The van der Waals surface area contributed by atoms with Crippen LogP contribution in [0.2, 0.25) is 0 Å². The Morgan fingerprint density at radius 2 is 1.44 bits per heavy atom. The van der Waals surface area contributed by atoms with Crippen molar-refractivity contribution in [3.05, 3.63) is 0 Å². The molecule has 3 amide bonds. The minimum absolute atomic E-state index is 0.0872. The van der Waals surface area contributed by atoms with Crippen molar-refractivity contribution in [3.8, 4) is 0 Å². The standard InChI is InChI=1S/C19H38N8O6S/c1-10(28)14(21)17(31)27-13(9-34)16(30)25-11(6-4-8-24-19(22)23)15(29)26-12(18(32)33)5-2-3-7-20/h10-14,28,34H,2-9,20-21H2,1H3,(H,25,30)(H,26,29)(H,27,31)(H,32,33)(H4,22,23,24). The maximum atomic E-state index is 12.8. The number of carbonyl (C=O) groups excluding carboxylic acids is 3. The van der Waals surface area contributed by atoms with Gasteiger partial charge in [0.25, 0.3) is 0 Å². The van der Waals surface area contributed by atoms with Crippen LogP contribution < -0.4 is 38.9 Å². The molecule has 13 N–H and O–H groups in total. The topological polar surface area (TPSA) is 261 Å². The molecule has 0 aromatic heterocycles. The fraction of sp³-hybridized carbons (Fsp3) is 0.737. The Morgan fingerprint density at radius 3 is 1.94 bits per heavy atom. The van der Waals surface area contributed by atoms with E-state index in [4.69, 9.17) is 22.9 Å². The van der Waals surface area contributed by atoms with Crippen LogP contribution in [-0.4, -0.2) is 89.0 Å². The van der Waals surface area contributed by atoms with Crippen molar-refractivity contribution in [2.24, 2.45) is 27.9 Å². The Balaban J connectivity index is 5.38. The SMILES string of the molecule is CC(O)C(N)C(=O)NC(CS)C(=O)NC(CCCN=C(N)N)C(=O)NC(CCCCN)C(=O)O. The number of unbranched alkanes of at least 4 members (excludes halogenated alkanes) is 1. The number of thiol groups is 1. The molecule has 0 rings (SSSR count). The summed E-state index contributed by atoms with van der Waals surface area (Å²) >= 11 is 4.05. The smallest absolute Gasteiger partial charge is 0.326 e. The van der Waals surface area contributed by atoms with E-state index in [2.05, 4.69) is 33.6 Å². The van der Waals surface area contributed by atoms with Crippen LogP contribution >= 0.6 is 12.6 Å². The van der Waals surface area contributed by atoms with E-state index in [1.54, 1.807) is 0 Å². The van der Waals surface area contributed by atoms with Gasteiger partial charge in [0.15, 0.2) is 5.96 Å². The Hall–Kier alpha value is -2.62. The summed E-state index contributed by atoms with van der Waals surface area (Å²) in [6, 6.07) is -4.73. The summed E-state index contributed by atoms with van der Waals surface area (Å²) < 4.78 is 0. The highest BCUT2D eigenvalue weighted by Crippen LogP contribution is 2.05. The maximum Gasteiger partial charge on any atom is 0.326 e. The summed E-state index contributed by atoms with van der Waals surface area (Å²) in [7, 11) is 0. The molecular formula is C19H38N8O6S. The van der Waals surface area contributed by atoms with Crippen molar-refractivity contribution in [1.29, 1.82) is 0 Å². The Bertz CT molecular complexity index is 704. The number of carboxylic acids is 1. The third-order valence-corrected chi connectivity index (χ3v) is 5.14. The molecular weight excluding hydrogens is 468 g/mol. The first-order chi connectivity index (χ1) is 15.9. The van der Waals surface area contributed by atoms with Crippen molar-refractivity contribution in [1.82, 2.24) is 16.0 Å². The van der Waals surface area contributed by atoms with Gasteiger partial charge in [-0.15, -0.1) is 0 Å². The van der Waals surface area contributed by atoms with E-state index in [-0.39, 0.29) is 31.1 Å². The molecule has 0 aliphatic rings. The van der Waals surface area contributed by atoms with Crippen LogP contribution in [0.4, 0.5) is 0 Å². The summed E-state index contributed by atoms with van der Waals surface area (Å²) in [5.74, 6) is -3.71. The Morgan fingerprint density at radius 1 is 0.912 bits per heavy atom. The summed E-state index contributed by atoms with van der Waals surface area (Å²) in [6.07, 6.45) is 0.489. The van der Waals surface area contributed by atoms with Gasteiger partial charge in [-0.2, -0.15) is 12.6 Å². The highest BCUT2D eigenvalue weighted by atomic mass is 32.1. The number of carboxylic acid groups (broad SMARTS) is 1. The van der Waals surface area contributed by atoms with E-state index in [0.29, 0.717) is 25.8 Å². The van der Waals surface area contributed by atoms with E-state index in [1.807, 2.05) is 0 Å². The van der Waals surface area contributed by atoms with Gasteiger partial charge in [0.05, 0.1) is 6.10 Å². The van der Waals surface area contributed by atoms with Crippen molar-refractivity contribution >= 4 is 42.3 Å². The van der Waals surface area contributed by atoms with E-state index in [9.17, 15) is 29.4 Å². The zero-order valence-electron chi connectivity index (χ0n) is 19.3. The van der Waals surface area contributed by atoms with Gasteiger partial charge in [-0.1, -0.05) is 0 Å². The molecule has 5 atom stereocenters. The monoisotopic (exact) mass is 506 g/mol. The lowest BCUT2D eigenvalue weighted by atomic mass is 10.1. The van der Waals surface area contributed by atoms with Crippen molar-refractivity contribution in [3.63, 3.8) is 0 Å². The minimum atomic E-state index is -1.27. The molecule has 0 radical (unpaired) electrons. The van der Waals surface area contributed by atoms with Gasteiger partial charge in [-0.3, -0.25) is 19.4 Å². The molecule has 0 spiro atoms. The molecule has 0 bridgehead atoms. The molecule has 196 valence electrons. The van der Waals surface area contributed by atoms with Gasteiger partial charge < -0.3 is 49.1 Å². The Kier molecular flexibility index (Phi) is 15.6. The van der Waals surface area contributed by atoms with E-state index in [0.717, 1.165) is 0 Å².